The first-order valence-electron chi connectivity index (χ1n) is 13.1. The van der Waals surface area contributed by atoms with Gasteiger partial charge in [0.15, 0.2) is 0 Å². The number of nitrogens with zero attached hydrogens (tertiary/aromatic N) is 4. The van der Waals surface area contributed by atoms with Crippen LogP contribution in [0, 0.1) is 0 Å². The molecule has 0 radical (unpaired) electrons. The van der Waals surface area contributed by atoms with Crippen molar-refractivity contribution < 1.29 is 0 Å². The van der Waals surface area contributed by atoms with Crippen molar-refractivity contribution in [3.8, 4) is 22.5 Å². The number of aromatic nitrogens is 3. The van der Waals surface area contributed by atoms with E-state index in [1.165, 1.54) is 38.3 Å². The summed E-state index contributed by atoms with van der Waals surface area (Å²) in [5.41, 5.74) is 9.22. The zero-order valence-corrected chi connectivity index (χ0v) is 20.8. The first-order chi connectivity index (χ1) is 18.9. The van der Waals surface area contributed by atoms with Crippen LogP contribution in [0.5, 0.6) is 0 Å². The van der Waals surface area contributed by atoms with Crippen LogP contribution in [0.25, 0.3) is 61.4 Å². The summed E-state index contributed by atoms with van der Waals surface area (Å²) in [6.45, 7) is 0.862. The Morgan fingerprint density at radius 2 is 1.16 bits per heavy atom. The number of para-hydroxylation sites is 2. The molecule has 0 N–H and O–H groups in total. The van der Waals surface area contributed by atoms with Gasteiger partial charge in [0.1, 0.15) is 0 Å². The van der Waals surface area contributed by atoms with Crippen LogP contribution in [0.4, 0.5) is 0 Å². The predicted molar refractivity (Wildman–Crippen MR) is 156 cm³/mol. The molecule has 1 aliphatic rings. The summed E-state index contributed by atoms with van der Waals surface area (Å²) < 4.78 is 4.64. The molecule has 4 aromatic carbocycles. The predicted octanol–water partition coefficient (Wildman–Crippen LogP) is 6.59. The van der Waals surface area contributed by atoms with Gasteiger partial charge in [0.2, 0.25) is 0 Å². The standard InChI is InChI=1S/C34H24N4/c1-3-9-29-27(7-1)33-31(11-5-21-35-33)37(29)25-17-13-23(14-18-25)24-15-19-26(20-16-24)38-30-10-4-2-8-28(30)34-32(38)12-6-22-36-34/h1-5,7-21H,6,22H2. The molecule has 0 spiro atoms. The van der Waals surface area contributed by atoms with Gasteiger partial charge < -0.3 is 9.13 Å². The quantitative estimate of drug-likeness (QED) is 0.276. The van der Waals surface area contributed by atoms with Crippen LogP contribution < -0.4 is 10.7 Å². The van der Waals surface area contributed by atoms with Gasteiger partial charge in [0, 0.05) is 34.9 Å². The summed E-state index contributed by atoms with van der Waals surface area (Å²) in [5.74, 6) is 0. The smallest absolute Gasteiger partial charge is 0.0963 e. The molecule has 4 heterocycles. The van der Waals surface area contributed by atoms with Crippen LogP contribution in [-0.2, 0) is 0 Å². The maximum Gasteiger partial charge on any atom is 0.0963 e. The van der Waals surface area contributed by atoms with Crippen molar-refractivity contribution in [2.45, 2.75) is 6.42 Å². The van der Waals surface area contributed by atoms with Crippen molar-refractivity contribution in [3.05, 3.63) is 126 Å². The normalized spacial score (nSPS) is 12.9. The highest BCUT2D eigenvalue weighted by Gasteiger charge is 2.14. The van der Waals surface area contributed by atoms with Crippen LogP contribution >= 0.6 is 0 Å². The molecule has 7 aromatic rings. The van der Waals surface area contributed by atoms with Gasteiger partial charge in [-0.1, -0.05) is 66.7 Å². The number of pyridine rings is 1. The van der Waals surface area contributed by atoms with Gasteiger partial charge in [-0.05, 0) is 66.1 Å². The van der Waals surface area contributed by atoms with Crippen molar-refractivity contribution in [3.63, 3.8) is 0 Å². The van der Waals surface area contributed by atoms with Crippen LogP contribution in [0.1, 0.15) is 6.42 Å². The highest BCUT2D eigenvalue weighted by Crippen LogP contribution is 2.31. The Hall–Kier alpha value is -4.96. The Morgan fingerprint density at radius 1 is 0.553 bits per heavy atom. The first kappa shape index (κ1) is 21.2. The Kier molecular flexibility index (Phi) is 4.61. The highest BCUT2D eigenvalue weighted by molar-refractivity contribution is 6.06. The van der Waals surface area contributed by atoms with Gasteiger partial charge in [-0.2, -0.15) is 0 Å². The molecule has 0 saturated carbocycles. The number of rotatable bonds is 3. The van der Waals surface area contributed by atoms with E-state index in [0.29, 0.717) is 0 Å². The molecule has 0 fully saturated rings. The van der Waals surface area contributed by atoms with Crippen molar-refractivity contribution >= 4 is 38.9 Å². The number of hydrogen-bond donors (Lipinski definition) is 0. The minimum atomic E-state index is 0.862. The topological polar surface area (TPSA) is 35.1 Å². The van der Waals surface area contributed by atoms with Crippen molar-refractivity contribution in [1.29, 1.82) is 0 Å². The zero-order valence-electron chi connectivity index (χ0n) is 20.8. The average molecular weight is 489 g/mol. The van der Waals surface area contributed by atoms with Crippen LogP contribution in [-0.4, -0.2) is 20.7 Å². The number of benzene rings is 4. The summed E-state index contributed by atoms with van der Waals surface area (Å²) in [6, 6.07) is 38.9. The molecule has 0 unspecified atom stereocenters. The second-order valence-corrected chi connectivity index (χ2v) is 9.78. The van der Waals surface area contributed by atoms with Gasteiger partial charge in [-0.15, -0.1) is 0 Å². The van der Waals surface area contributed by atoms with E-state index < -0.39 is 0 Å². The third kappa shape index (κ3) is 3.10. The molecule has 1 aliphatic heterocycles. The van der Waals surface area contributed by atoms with Gasteiger partial charge >= 0.3 is 0 Å². The van der Waals surface area contributed by atoms with Crippen LogP contribution in [0.3, 0.4) is 0 Å². The lowest BCUT2D eigenvalue weighted by Crippen LogP contribution is -2.31. The van der Waals surface area contributed by atoms with E-state index in [4.69, 9.17) is 4.99 Å². The highest BCUT2D eigenvalue weighted by atomic mass is 15.0. The average Bonchev–Trinajstić information content (AvgIpc) is 3.51. The molecule has 3 aromatic heterocycles. The molecule has 0 aliphatic carbocycles. The minimum absolute atomic E-state index is 0.862. The lowest BCUT2D eigenvalue weighted by atomic mass is 10.0. The van der Waals surface area contributed by atoms with Crippen LogP contribution in [0.2, 0.25) is 0 Å². The summed E-state index contributed by atoms with van der Waals surface area (Å²) in [7, 11) is 0. The molecule has 4 heteroatoms. The molecule has 38 heavy (non-hydrogen) atoms. The SMILES string of the molecule is C1=c2c(c3ccccc3n2-c2ccc(-c3ccc(-n4c5ccccc5c5ncccc54)cc3)cc2)=NCC1. The van der Waals surface area contributed by atoms with Gasteiger partial charge in [-0.3, -0.25) is 9.98 Å². The maximum atomic E-state index is 4.84. The molecule has 180 valence electrons. The Bertz CT molecular complexity index is 2060. The largest absolute Gasteiger partial charge is 0.308 e. The minimum Gasteiger partial charge on any atom is -0.308 e. The fourth-order valence-electron chi connectivity index (χ4n) is 5.92. The summed E-state index contributed by atoms with van der Waals surface area (Å²) >= 11 is 0. The van der Waals surface area contributed by atoms with Crippen molar-refractivity contribution in [2.24, 2.45) is 4.99 Å². The van der Waals surface area contributed by atoms with E-state index in [1.807, 2.05) is 12.3 Å². The number of fused-ring (bicyclic) bond motifs is 6. The van der Waals surface area contributed by atoms with E-state index in [9.17, 15) is 0 Å². The molecule has 0 amide bonds. The molecule has 4 nitrogen and oxygen atoms in total. The van der Waals surface area contributed by atoms with Crippen molar-refractivity contribution in [2.75, 3.05) is 6.54 Å². The molecule has 0 saturated heterocycles. The second-order valence-electron chi connectivity index (χ2n) is 9.78. The molecule has 8 rings (SSSR count). The fraction of sp³-hybridized carbons (Fsp3) is 0.0588. The second kappa shape index (κ2) is 8.29. The Morgan fingerprint density at radius 3 is 1.89 bits per heavy atom. The van der Waals surface area contributed by atoms with Gasteiger partial charge in [-0.25, -0.2) is 0 Å². The van der Waals surface area contributed by atoms with E-state index in [2.05, 4.69) is 123 Å². The summed E-state index contributed by atoms with van der Waals surface area (Å²) in [6.07, 6.45) is 5.17. The summed E-state index contributed by atoms with van der Waals surface area (Å²) in [4.78, 5) is 9.51. The van der Waals surface area contributed by atoms with Crippen molar-refractivity contribution in [1.82, 2.24) is 14.1 Å². The fourth-order valence-corrected chi connectivity index (χ4v) is 5.92. The monoisotopic (exact) mass is 488 g/mol. The molecule has 0 bridgehead atoms. The molecular weight excluding hydrogens is 464 g/mol. The van der Waals surface area contributed by atoms with E-state index in [0.717, 1.165) is 40.7 Å². The lowest BCUT2D eigenvalue weighted by Gasteiger charge is -2.11. The third-order valence-corrected chi connectivity index (χ3v) is 7.63. The van der Waals surface area contributed by atoms with E-state index in [-0.39, 0.29) is 0 Å². The van der Waals surface area contributed by atoms with E-state index in [1.54, 1.807) is 0 Å². The zero-order chi connectivity index (χ0) is 25.1. The third-order valence-electron chi connectivity index (χ3n) is 7.63. The lowest BCUT2D eigenvalue weighted by molar-refractivity contribution is 0.931. The number of hydrogen-bond acceptors (Lipinski definition) is 2. The summed E-state index contributed by atoms with van der Waals surface area (Å²) in [5, 5.41) is 4.72. The van der Waals surface area contributed by atoms with E-state index >= 15 is 0 Å². The first-order valence-corrected chi connectivity index (χ1v) is 13.1. The van der Waals surface area contributed by atoms with Crippen LogP contribution in [0.15, 0.2) is 120 Å². The Balaban J connectivity index is 1.20. The molecule has 0 atom stereocenters. The maximum absolute atomic E-state index is 4.84. The molecular formula is C34H24N4. The van der Waals surface area contributed by atoms with Gasteiger partial charge in [0.05, 0.1) is 32.8 Å². The Labute approximate surface area is 219 Å². The van der Waals surface area contributed by atoms with Gasteiger partial charge in [0.25, 0.3) is 0 Å².